The van der Waals surface area contributed by atoms with E-state index in [0.29, 0.717) is 0 Å². The maximum Gasteiger partial charge on any atom is 0.460 e. The SMILES string of the molecule is CCCCCCC(F)(F)C(F)(F)C(F)(F)C(F)(F)C(F)(F)C(F)(F)C(F)(CCCCCCCCC(F)(F)C(F)(F)C(F)(F)C(F)(F)C(F)(F)F)CC(=O)O. The predicted molar refractivity (Wildman–Crippen MR) is 137 cm³/mol. The first kappa shape index (κ1) is 51.8. The predicted octanol–water partition coefficient (Wildman–Crippen LogP) is 13.2. The third kappa shape index (κ3) is 9.32. The van der Waals surface area contributed by atoms with Crippen LogP contribution in [0.3, 0.4) is 0 Å². The molecule has 0 saturated carbocycles. The molecule has 0 bridgehead atoms. The van der Waals surface area contributed by atoms with E-state index in [9.17, 15) is 106 Å². The van der Waals surface area contributed by atoms with Crippen LogP contribution in [0, 0.1) is 0 Å². The number of carboxylic acid groups (broad SMARTS) is 1. The molecule has 0 aliphatic carbocycles. The van der Waals surface area contributed by atoms with Crippen LogP contribution in [0.5, 0.6) is 0 Å². The molecule has 0 aromatic heterocycles. The third-order valence-electron chi connectivity index (χ3n) is 8.29. The van der Waals surface area contributed by atoms with Gasteiger partial charge >= 0.3 is 71.4 Å². The molecule has 0 aromatic rings. The van der Waals surface area contributed by atoms with Gasteiger partial charge in [0.05, 0.1) is 6.42 Å². The summed E-state index contributed by atoms with van der Waals surface area (Å²) in [5.41, 5.74) is -5.54. The molecule has 0 heterocycles. The number of alkyl halides is 24. The summed E-state index contributed by atoms with van der Waals surface area (Å²) in [6.07, 6.45) is -24.4. The molecule has 0 radical (unpaired) electrons. The van der Waals surface area contributed by atoms with E-state index in [2.05, 4.69) is 0 Å². The molecule has 1 atom stereocenters. The van der Waals surface area contributed by atoms with Crippen LogP contribution >= 0.6 is 0 Å². The molecule has 0 aromatic carbocycles. The lowest BCUT2D eigenvalue weighted by Gasteiger charge is -2.44. The number of carboxylic acids is 1. The number of unbranched alkanes of at least 4 members (excludes halogenated alkanes) is 8. The fraction of sp³-hybridized carbons (Fsp3) is 0.964. The molecule has 1 unspecified atom stereocenters. The zero-order valence-electron chi connectivity index (χ0n) is 27.3. The molecule has 0 aliphatic rings. The lowest BCUT2D eigenvalue weighted by molar-refractivity contribution is -0.435. The van der Waals surface area contributed by atoms with Crippen LogP contribution in [-0.4, -0.2) is 82.1 Å². The van der Waals surface area contributed by atoms with E-state index >= 15 is 4.39 Å². The fourth-order valence-electron chi connectivity index (χ4n) is 4.85. The van der Waals surface area contributed by atoms with Gasteiger partial charge in [-0.3, -0.25) is 4.79 Å². The zero-order chi connectivity index (χ0) is 43.5. The van der Waals surface area contributed by atoms with Crippen LogP contribution in [0.4, 0.5) is 105 Å². The van der Waals surface area contributed by atoms with Crippen LogP contribution < -0.4 is 0 Å². The number of hydrogen-bond donors (Lipinski definition) is 1. The van der Waals surface area contributed by atoms with Gasteiger partial charge < -0.3 is 5.11 Å². The molecule has 0 fully saturated rings. The van der Waals surface area contributed by atoms with E-state index in [1.807, 2.05) is 0 Å². The van der Waals surface area contributed by atoms with Crippen LogP contribution in [-0.2, 0) is 4.79 Å². The average molecular weight is 857 g/mol. The van der Waals surface area contributed by atoms with Gasteiger partial charge in [-0.15, -0.1) is 0 Å². The Morgan fingerprint density at radius 1 is 0.370 bits per heavy atom. The molecule has 54 heavy (non-hydrogen) atoms. The van der Waals surface area contributed by atoms with Crippen molar-refractivity contribution in [2.75, 3.05) is 0 Å². The van der Waals surface area contributed by atoms with E-state index in [1.54, 1.807) is 0 Å². The average Bonchev–Trinajstić information content (AvgIpc) is 2.98. The second-order valence-corrected chi connectivity index (χ2v) is 12.5. The summed E-state index contributed by atoms with van der Waals surface area (Å²) in [6, 6.07) is 0. The molecule has 2 nitrogen and oxygen atoms in total. The standard InChI is InChI=1S/C28H32F24O2/c1-2-3-4-10-13-18(30,31)21(36,37)24(42,43)26(46,47)23(40,41)20(34,35)17(29,15-16(53)54)12-9-7-5-6-8-11-14-19(32,33)22(38,39)25(44,45)27(48,49)28(50,51)52/h2-15H2,1H3,(H,53,54). The maximum absolute atomic E-state index is 15.3. The van der Waals surface area contributed by atoms with Gasteiger partial charge in [0, 0.05) is 12.8 Å². The second-order valence-electron chi connectivity index (χ2n) is 12.5. The van der Waals surface area contributed by atoms with Crippen molar-refractivity contribution in [3.63, 3.8) is 0 Å². The Hall–Kier alpha value is -2.21. The third-order valence-corrected chi connectivity index (χ3v) is 8.29. The van der Waals surface area contributed by atoms with Gasteiger partial charge in [0.25, 0.3) is 0 Å². The topological polar surface area (TPSA) is 37.3 Å². The number of rotatable bonds is 25. The number of aliphatic carboxylic acids is 1. The first-order valence-corrected chi connectivity index (χ1v) is 15.4. The highest BCUT2D eigenvalue weighted by molar-refractivity contribution is 5.68. The van der Waals surface area contributed by atoms with E-state index in [1.165, 1.54) is 6.92 Å². The van der Waals surface area contributed by atoms with Gasteiger partial charge in [-0.05, 0) is 19.3 Å². The smallest absolute Gasteiger partial charge is 0.460 e. The molecule has 324 valence electrons. The summed E-state index contributed by atoms with van der Waals surface area (Å²) in [5.74, 6) is -77.1. The van der Waals surface area contributed by atoms with Gasteiger partial charge in [-0.1, -0.05) is 58.3 Å². The highest BCUT2D eigenvalue weighted by Gasteiger charge is 2.92. The monoisotopic (exact) mass is 856 g/mol. The van der Waals surface area contributed by atoms with Gasteiger partial charge in [-0.25, -0.2) is 4.39 Å². The summed E-state index contributed by atoms with van der Waals surface area (Å²) in [5, 5.41) is 8.72. The summed E-state index contributed by atoms with van der Waals surface area (Å²) in [6.45, 7) is 1.45. The molecular weight excluding hydrogens is 824 g/mol. The van der Waals surface area contributed by atoms with Gasteiger partial charge in [0.1, 0.15) is 0 Å². The van der Waals surface area contributed by atoms with Crippen molar-refractivity contribution in [3.05, 3.63) is 0 Å². The van der Waals surface area contributed by atoms with Crippen LogP contribution in [0.15, 0.2) is 0 Å². The maximum atomic E-state index is 15.3. The van der Waals surface area contributed by atoms with Crippen molar-refractivity contribution < 1.29 is 115 Å². The Morgan fingerprint density at radius 3 is 0.981 bits per heavy atom. The van der Waals surface area contributed by atoms with Crippen molar-refractivity contribution in [1.29, 1.82) is 0 Å². The number of carbonyl (C=O) groups is 1. The first-order valence-electron chi connectivity index (χ1n) is 15.4. The zero-order valence-corrected chi connectivity index (χ0v) is 27.3. The number of halogens is 24. The van der Waals surface area contributed by atoms with Crippen molar-refractivity contribution in [3.8, 4) is 0 Å². The lowest BCUT2D eigenvalue weighted by Crippen LogP contribution is -2.73. The first-order chi connectivity index (χ1) is 23.7. The molecule has 0 spiro atoms. The summed E-state index contributed by atoms with van der Waals surface area (Å²) in [4.78, 5) is 11.0. The highest BCUT2D eigenvalue weighted by Crippen LogP contribution is 2.63. The minimum absolute atomic E-state index is 0.0214. The Kier molecular flexibility index (Phi) is 16.0. The Labute approximate surface area is 290 Å². The van der Waals surface area contributed by atoms with Crippen LogP contribution in [0.25, 0.3) is 0 Å². The van der Waals surface area contributed by atoms with Crippen molar-refractivity contribution >= 4 is 5.97 Å². The molecule has 0 rings (SSSR count). The summed E-state index contributed by atoms with van der Waals surface area (Å²) >= 11 is 0. The van der Waals surface area contributed by atoms with Gasteiger partial charge in [0.15, 0.2) is 5.67 Å². The fourth-order valence-corrected chi connectivity index (χ4v) is 4.85. The molecular formula is C28H32F24O2. The lowest BCUT2D eigenvalue weighted by atomic mass is 9.80. The van der Waals surface area contributed by atoms with E-state index in [-0.39, 0.29) is 19.3 Å². The largest absolute Gasteiger partial charge is 0.481 e. The summed E-state index contributed by atoms with van der Waals surface area (Å²) < 4.78 is 331. The Bertz CT molecular complexity index is 1210. The highest BCUT2D eigenvalue weighted by atomic mass is 19.4. The van der Waals surface area contributed by atoms with Crippen LogP contribution in [0.2, 0.25) is 0 Å². The molecule has 0 amide bonds. The van der Waals surface area contributed by atoms with E-state index in [0.717, 1.165) is 0 Å². The van der Waals surface area contributed by atoms with E-state index in [4.69, 9.17) is 5.11 Å². The minimum atomic E-state index is -8.22. The molecule has 0 aliphatic heterocycles. The Balaban J connectivity index is 5.87. The normalized spacial score (nSPS) is 16.5. The molecule has 0 saturated heterocycles. The second kappa shape index (κ2) is 16.7. The molecule has 1 N–H and O–H groups in total. The van der Waals surface area contributed by atoms with Crippen molar-refractivity contribution in [2.24, 2.45) is 0 Å². The van der Waals surface area contributed by atoms with E-state index < -0.39 is 148 Å². The minimum Gasteiger partial charge on any atom is -0.481 e. The van der Waals surface area contributed by atoms with Crippen molar-refractivity contribution in [1.82, 2.24) is 0 Å². The van der Waals surface area contributed by atoms with Crippen LogP contribution in [0.1, 0.15) is 96.8 Å². The Morgan fingerprint density at radius 2 is 0.648 bits per heavy atom. The molecule has 26 heteroatoms. The van der Waals surface area contributed by atoms with Gasteiger partial charge in [0.2, 0.25) is 0 Å². The summed E-state index contributed by atoms with van der Waals surface area (Å²) in [7, 11) is 0. The van der Waals surface area contributed by atoms with Gasteiger partial charge in [-0.2, -0.15) is 101 Å². The van der Waals surface area contributed by atoms with Crippen molar-refractivity contribution in [2.45, 2.75) is 168 Å². The quantitative estimate of drug-likeness (QED) is 0.0734. The number of hydrogen-bond acceptors (Lipinski definition) is 1.